The van der Waals surface area contributed by atoms with Crippen LogP contribution in [-0.2, 0) is 10.1 Å². The van der Waals surface area contributed by atoms with Gasteiger partial charge in [-0.1, -0.05) is 48.5 Å². The quantitative estimate of drug-likeness (QED) is 0.175. The Kier molecular flexibility index (Phi) is 4.65. The molecule has 5 aromatic rings. The van der Waals surface area contributed by atoms with Gasteiger partial charge in [-0.25, -0.2) is 0 Å². The smallest absolute Gasteiger partial charge is 0.455 e. The molecule has 162 valence electrons. The molecule has 0 N–H and O–H groups in total. The zero-order chi connectivity index (χ0) is 22.7. The Morgan fingerprint density at radius 1 is 0.781 bits per heavy atom. The summed E-state index contributed by atoms with van der Waals surface area (Å²) in [6, 6.07) is 20.5. The molecule has 0 fully saturated rings. The van der Waals surface area contributed by atoms with E-state index < -0.39 is 21.4 Å². The molecular formula is C23H13F3O4S2. The maximum absolute atomic E-state index is 12.9. The summed E-state index contributed by atoms with van der Waals surface area (Å²) in [6.45, 7) is 0. The Labute approximate surface area is 185 Å². The van der Waals surface area contributed by atoms with Crippen molar-refractivity contribution in [1.82, 2.24) is 0 Å². The Hall–Kier alpha value is -3.17. The number of fused-ring (bicyclic) bond motifs is 4. The molecule has 0 saturated carbocycles. The van der Waals surface area contributed by atoms with Gasteiger partial charge in [0.05, 0.1) is 0 Å². The fourth-order valence-electron chi connectivity index (χ4n) is 3.75. The summed E-state index contributed by atoms with van der Waals surface area (Å²) in [4.78, 5) is 0.454. The van der Waals surface area contributed by atoms with Crippen molar-refractivity contribution in [2.45, 2.75) is 10.4 Å². The summed E-state index contributed by atoms with van der Waals surface area (Å²) < 4.78 is 72.5. The molecule has 1 heterocycles. The highest BCUT2D eigenvalue weighted by Gasteiger charge is 2.48. The molecule has 0 amide bonds. The molecule has 5 rings (SSSR count). The van der Waals surface area contributed by atoms with E-state index in [-0.39, 0.29) is 0 Å². The molecule has 1 aromatic heterocycles. The van der Waals surface area contributed by atoms with E-state index in [1.807, 2.05) is 30.3 Å². The number of rotatable bonds is 3. The highest BCUT2D eigenvalue weighted by atomic mass is 32.2. The van der Waals surface area contributed by atoms with Crippen LogP contribution in [0.1, 0.15) is 0 Å². The largest absolute Gasteiger partial charge is 0.534 e. The molecule has 4 nitrogen and oxygen atoms in total. The average Bonchev–Trinajstić information content (AvgIpc) is 3.12. The van der Waals surface area contributed by atoms with Crippen molar-refractivity contribution in [1.29, 1.82) is 0 Å². The molecule has 32 heavy (non-hydrogen) atoms. The summed E-state index contributed by atoms with van der Waals surface area (Å²) in [7, 11) is -5.84. The van der Waals surface area contributed by atoms with Crippen LogP contribution >= 0.6 is 12.6 Å². The molecule has 0 bridgehead atoms. The van der Waals surface area contributed by atoms with Crippen LogP contribution in [0, 0.1) is 0 Å². The van der Waals surface area contributed by atoms with Gasteiger partial charge in [0.25, 0.3) is 0 Å². The molecule has 0 aliphatic heterocycles. The molecule has 0 aliphatic rings. The van der Waals surface area contributed by atoms with Gasteiger partial charge in [0.2, 0.25) is 0 Å². The molecule has 0 radical (unpaired) electrons. The highest BCUT2D eigenvalue weighted by molar-refractivity contribution is 7.88. The predicted octanol–water partition coefficient (Wildman–Crippen LogP) is 6.92. The third-order valence-electron chi connectivity index (χ3n) is 5.13. The van der Waals surface area contributed by atoms with Gasteiger partial charge in [0.1, 0.15) is 16.9 Å². The molecular weight excluding hydrogens is 461 g/mol. The Morgan fingerprint density at radius 2 is 1.47 bits per heavy atom. The lowest BCUT2D eigenvalue weighted by molar-refractivity contribution is -0.0500. The lowest BCUT2D eigenvalue weighted by Crippen LogP contribution is -2.28. The molecule has 0 unspecified atom stereocenters. The summed E-state index contributed by atoms with van der Waals surface area (Å²) in [6.07, 6.45) is 0. The van der Waals surface area contributed by atoms with Crippen LogP contribution in [-0.4, -0.2) is 13.9 Å². The summed E-state index contributed by atoms with van der Waals surface area (Å²) in [5.74, 6) is -0.473. The highest BCUT2D eigenvalue weighted by Crippen LogP contribution is 2.42. The van der Waals surface area contributed by atoms with Gasteiger partial charge in [-0.05, 0) is 40.6 Å². The number of thiol groups is 1. The number of para-hydroxylation sites is 2. The third kappa shape index (κ3) is 3.28. The summed E-state index contributed by atoms with van der Waals surface area (Å²) in [5.41, 5.74) is -3.34. The molecule has 0 spiro atoms. The van der Waals surface area contributed by atoms with Gasteiger partial charge in [-0.3, -0.25) is 0 Å². The number of halogens is 3. The molecule has 4 aromatic carbocycles. The van der Waals surface area contributed by atoms with Gasteiger partial charge in [-0.15, -0.1) is 12.6 Å². The molecule has 0 saturated heterocycles. The Balaban J connectivity index is 1.82. The fraction of sp³-hybridized carbons (Fsp3) is 0.0435. The number of hydrogen-bond acceptors (Lipinski definition) is 5. The maximum atomic E-state index is 12.9. The first-order valence-electron chi connectivity index (χ1n) is 9.33. The zero-order valence-electron chi connectivity index (χ0n) is 16.1. The van der Waals surface area contributed by atoms with Crippen LogP contribution in [0.4, 0.5) is 13.2 Å². The summed E-state index contributed by atoms with van der Waals surface area (Å²) >= 11 is 4.39. The van der Waals surface area contributed by atoms with Crippen molar-refractivity contribution >= 4 is 55.5 Å². The number of hydrogen-bond donors (Lipinski definition) is 1. The Morgan fingerprint density at radius 3 is 2.25 bits per heavy atom. The van der Waals surface area contributed by atoms with Crippen molar-refractivity contribution in [3.05, 3.63) is 72.8 Å². The fourth-order valence-corrected chi connectivity index (χ4v) is 4.46. The van der Waals surface area contributed by atoms with Gasteiger partial charge < -0.3 is 8.60 Å². The van der Waals surface area contributed by atoms with Crippen molar-refractivity contribution in [2.75, 3.05) is 0 Å². The van der Waals surface area contributed by atoms with Crippen LogP contribution in [0.2, 0.25) is 0 Å². The van der Waals surface area contributed by atoms with E-state index in [1.54, 1.807) is 30.3 Å². The lowest BCUT2D eigenvalue weighted by Gasteiger charge is -2.14. The minimum atomic E-state index is -5.84. The van der Waals surface area contributed by atoms with Crippen molar-refractivity contribution in [2.24, 2.45) is 0 Å². The van der Waals surface area contributed by atoms with E-state index in [0.29, 0.717) is 38.0 Å². The Bertz CT molecular complexity index is 1620. The van der Waals surface area contributed by atoms with Gasteiger partial charge >= 0.3 is 15.6 Å². The zero-order valence-corrected chi connectivity index (χ0v) is 17.8. The molecule has 9 heteroatoms. The SMILES string of the molecule is O=S(=O)(Oc1cc(-c2cccc3c2oc2ccccc23)c2cccc(S)c2c1)C(F)(F)F. The first-order valence-corrected chi connectivity index (χ1v) is 11.2. The van der Waals surface area contributed by atoms with E-state index in [9.17, 15) is 21.6 Å². The van der Waals surface area contributed by atoms with Crippen LogP contribution < -0.4 is 4.18 Å². The van der Waals surface area contributed by atoms with Crippen LogP contribution in [0.5, 0.6) is 5.75 Å². The normalized spacial score (nSPS) is 12.6. The number of alkyl halides is 3. The molecule has 0 aliphatic carbocycles. The lowest BCUT2D eigenvalue weighted by atomic mass is 9.96. The van der Waals surface area contributed by atoms with E-state index in [4.69, 9.17) is 4.42 Å². The second-order valence-electron chi connectivity index (χ2n) is 7.11. The van der Waals surface area contributed by atoms with E-state index >= 15 is 0 Å². The maximum Gasteiger partial charge on any atom is 0.534 e. The van der Waals surface area contributed by atoms with E-state index in [0.717, 1.165) is 10.8 Å². The van der Waals surface area contributed by atoms with Crippen molar-refractivity contribution in [3.63, 3.8) is 0 Å². The third-order valence-corrected chi connectivity index (χ3v) is 6.50. The van der Waals surface area contributed by atoms with Crippen molar-refractivity contribution in [3.8, 4) is 16.9 Å². The second kappa shape index (κ2) is 7.18. The first-order chi connectivity index (χ1) is 15.2. The topological polar surface area (TPSA) is 56.5 Å². The summed E-state index contributed by atoms with van der Waals surface area (Å²) in [5, 5.41) is 2.80. The second-order valence-corrected chi connectivity index (χ2v) is 9.13. The monoisotopic (exact) mass is 474 g/mol. The number of benzene rings is 4. The van der Waals surface area contributed by atoms with Crippen LogP contribution in [0.15, 0.2) is 82.1 Å². The van der Waals surface area contributed by atoms with Crippen LogP contribution in [0.25, 0.3) is 43.8 Å². The van der Waals surface area contributed by atoms with E-state index in [2.05, 4.69) is 16.8 Å². The van der Waals surface area contributed by atoms with Crippen molar-refractivity contribution < 1.29 is 30.2 Å². The standard InChI is InChI=1S/C23H13F3O4S2/c24-23(25,26)32(27,28)30-13-11-18(14-6-4-10-21(31)19(14)12-13)17-8-3-7-16-15-5-1-2-9-20(15)29-22(16)17/h1-12,31H. The first kappa shape index (κ1) is 20.7. The molecule has 0 atom stereocenters. The number of furan rings is 1. The minimum absolute atomic E-state index is 0.439. The van der Waals surface area contributed by atoms with Gasteiger partial charge in [0, 0.05) is 21.2 Å². The van der Waals surface area contributed by atoms with Gasteiger partial charge in [-0.2, -0.15) is 21.6 Å². The predicted molar refractivity (Wildman–Crippen MR) is 120 cm³/mol. The van der Waals surface area contributed by atoms with Crippen LogP contribution in [0.3, 0.4) is 0 Å². The minimum Gasteiger partial charge on any atom is -0.455 e. The van der Waals surface area contributed by atoms with E-state index in [1.165, 1.54) is 12.1 Å². The average molecular weight is 474 g/mol. The van der Waals surface area contributed by atoms with Gasteiger partial charge in [0.15, 0.2) is 0 Å².